The zero-order chi connectivity index (χ0) is 11.3. The molecule has 0 aliphatic carbocycles. The molecule has 0 unspecified atom stereocenters. The fraction of sp³-hybridized carbons (Fsp3) is 0.500. The van der Waals surface area contributed by atoms with Crippen molar-refractivity contribution in [1.29, 1.82) is 0 Å². The lowest BCUT2D eigenvalue weighted by molar-refractivity contribution is -0.0565. The molecule has 2 nitrogen and oxygen atoms in total. The van der Waals surface area contributed by atoms with Crippen LogP contribution in [0.1, 0.15) is 13.8 Å². The molecule has 0 fully saturated rings. The summed E-state index contributed by atoms with van der Waals surface area (Å²) in [5.41, 5.74) is 0. The van der Waals surface area contributed by atoms with Crippen molar-refractivity contribution in [3.8, 4) is 0 Å². The van der Waals surface area contributed by atoms with E-state index in [9.17, 15) is 0 Å². The van der Waals surface area contributed by atoms with E-state index < -0.39 is 8.32 Å². The van der Waals surface area contributed by atoms with Crippen LogP contribution in [0, 0.1) is 0 Å². The molecule has 1 aromatic carbocycles. The molecule has 0 saturated heterocycles. The molecule has 3 heteroatoms. The van der Waals surface area contributed by atoms with Gasteiger partial charge in [-0.05, 0) is 18.3 Å². The van der Waals surface area contributed by atoms with E-state index in [1.807, 2.05) is 11.1 Å². The third kappa shape index (κ3) is 3.45. The van der Waals surface area contributed by atoms with Crippen LogP contribution in [0.4, 0.5) is 0 Å². The molecule has 1 aromatic rings. The van der Waals surface area contributed by atoms with Gasteiger partial charge in [-0.15, -0.1) is 0 Å². The lowest BCUT2D eigenvalue weighted by Crippen LogP contribution is -2.49. The van der Waals surface area contributed by atoms with Crippen LogP contribution in [0.5, 0.6) is 0 Å². The van der Waals surface area contributed by atoms with E-state index >= 15 is 0 Å². The van der Waals surface area contributed by atoms with Gasteiger partial charge in [0.2, 0.25) is 8.32 Å². The van der Waals surface area contributed by atoms with Crippen LogP contribution in [-0.4, -0.2) is 26.5 Å². The smallest absolute Gasteiger partial charge is 0.245 e. The lowest BCUT2D eigenvalue weighted by Gasteiger charge is -2.30. The van der Waals surface area contributed by atoms with Crippen molar-refractivity contribution < 1.29 is 4.53 Å². The molecule has 0 saturated carbocycles. The Balaban J connectivity index is 2.74. The van der Waals surface area contributed by atoms with E-state index in [1.165, 1.54) is 5.19 Å². The highest BCUT2D eigenvalue weighted by Crippen LogP contribution is 2.07. The van der Waals surface area contributed by atoms with Crippen LogP contribution in [0.15, 0.2) is 30.3 Å². The average Bonchev–Trinajstić information content (AvgIpc) is 2.27. The van der Waals surface area contributed by atoms with E-state index in [4.69, 9.17) is 4.53 Å². The summed E-state index contributed by atoms with van der Waals surface area (Å²) in [6.07, 6.45) is 0. The predicted molar refractivity (Wildman–Crippen MR) is 67.6 cm³/mol. The van der Waals surface area contributed by atoms with Gasteiger partial charge < -0.3 is 4.53 Å². The van der Waals surface area contributed by atoms with Crippen LogP contribution in [0.2, 0.25) is 13.1 Å². The highest BCUT2D eigenvalue weighted by atomic mass is 28.4. The normalized spacial score (nSPS) is 12.1. The van der Waals surface area contributed by atoms with Crippen molar-refractivity contribution in [3.05, 3.63) is 30.3 Å². The van der Waals surface area contributed by atoms with Crippen molar-refractivity contribution >= 4 is 13.5 Å². The Morgan fingerprint density at radius 3 is 2.07 bits per heavy atom. The fourth-order valence-electron chi connectivity index (χ4n) is 1.57. The van der Waals surface area contributed by atoms with Crippen LogP contribution in [0.3, 0.4) is 0 Å². The minimum absolute atomic E-state index is 0.944. The van der Waals surface area contributed by atoms with Crippen molar-refractivity contribution in [1.82, 2.24) is 5.06 Å². The van der Waals surface area contributed by atoms with Crippen molar-refractivity contribution in [2.24, 2.45) is 0 Å². The van der Waals surface area contributed by atoms with Gasteiger partial charge in [0.05, 0.1) is 0 Å². The Bertz CT molecular complexity index is 283. The maximum absolute atomic E-state index is 6.09. The van der Waals surface area contributed by atoms with Gasteiger partial charge in [-0.25, -0.2) is 5.06 Å². The molecule has 0 aliphatic rings. The van der Waals surface area contributed by atoms with Gasteiger partial charge in [0.1, 0.15) is 0 Å². The van der Waals surface area contributed by atoms with Crippen LogP contribution < -0.4 is 5.19 Å². The summed E-state index contributed by atoms with van der Waals surface area (Å²) >= 11 is 0. The van der Waals surface area contributed by atoms with Crippen molar-refractivity contribution in [2.75, 3.05) is 13.1 Å². The summed E-state index contributed by atoms with van der Waals surface area (Å²) in [6, 6.07) is 10.5. The second-order valence-electron chi connectivity index (χ2n) is 4.08. The first-order chi connectivity index (χ1) is 7.10. The molecule has 0 atom stereocenters. The van der Waals surface area contributed by atoms with Gasteiger partial charge in [0.25, 0.3) is 0 Å². The molecule has 0 heterocycles. The largest absolute Gasteiger partial charge is 0.338 e. The minimum atomic E-state index is -1.76. The maximum atomic E-state index is 6.09. The first-order valence-electron chi connectivity index (χ1n) is 5.59. The topological polar surface area (TPSA) is 12.5 Å². The van der Waals surface area contributed by atoms with Gasteiger partial charge in [0, 0.05) is 13.1 Å². The molecule has 0 bridgehead atoms. The van der Waals surface area contributed by atoms with E-state index in [1.54, 1.807) is 0 Å². The van der Waals surface area contributed by atoms with Crippen LogP contribution >= 0.6 is 0 Å². The molecule has 0 amide bonds. The number of rotatable bonds is 5. The summed E-state index contributed by atoms with van der Waals surface area (Å²) in [5.74, 6) is 0. The molecule has 15 heavy (non-hydrogen) atoms. The summed E-state index contributed by atoms with van der Waals surface area (Å²) < 4.78 is 6.09. The SMILES string of the molecule is CCN(CC)O[Si](C)(C)c1ccccc1. The molecular weight excluding hydrogens is 202 g/mol. The van der Waals surface area contributed by atoms with E-state index in [2.05, 4.69) is 51.2 Å². The maximum Gasteiger partial charge on any atom is 0.245 e. The highest BCUT2D eigenvalue weighted by Gasteiger charge is 2.27. The van der Waals surface area contributed by atoms with Crippen LogP contribution in [-0.2, 0) is 4.53 Å². The first kappa shape index (κ1) is 12.4. The number of hydroxylamine groups is 2. The van der Waals surface area contributed by atoms with Gasteiger partial charge in [0.15, 0.2) is 0 Å². The highest BCUT2D eigenvalue weighted by molar-refractivity contribution is 6.84. The fourth-order valence-corrected chi connectivity index (χ4v) is 3.57. The summed E-state index contributed by atoms with van der Waals surface area (Å²) in [7, 11) is -1.76. The quantitative estimate of drug-likeness (QED) is 0.561. The molecule has 84 valence electrons. The molecular formula is C12H21NOSi. The Morgan fingerprint density at radius 1 is 1.07 bits per heavy atom. The second-order valence-corrected chi connectivity index (χ2v) is 7.86. The summed E-state index contributed by atoms with van der Waals surface area (Å²) in [4.78, 5) is 0. The molecule has 0 aliphatic heterocycles. The van der Waals surface area contributed by atoms with E-state index in [0.29, 0.717) is 0 Å². The lowest BCUT2D eigenvalue weighted by atomic mass is 10.4. The molecule has 0 N–H and O–H groups in total. The van der Waals surface area contributed by atoms with Gasteiger partial charge in [-0.1, -0.05) is 44.2 Å². The third-order valence-corrected chi connectivity index (χ3v) is 4.97. The molecule has 0 spiro atoms. The second kappa shape index (κ2) is 5.44. The standard InChI is InChI=1S/C12H21NOSi/c1-5-13(6-2)14-15(3,4)12-10-8-7-9-11-12/h7-11H,5-6H2,1-4H3. The average molecular weight is 223 g/mol. The van der Waals surface area contributed by atoms with Crippen LogP contribution in [0.25, 0.3) is 0 Å². The van der Waals surface area contributed by atoms with Gasteiger partial charge in [-0.2, -0.15) is 0 Å². The Morgan fingerprint density at radius 2 is 1.60 bits per heavy atom. The zero-order valence-corrected chi connectivity index (χ0v) is 11.2. The summed E-state index contributed by atoms with van der Waals surface area (Å²) in [5, 5.41) is 3.39. The molecule has 1 rings (SSSR count). The first-order valence-corrected chi connectivity index (χ1v) is 8.50. The van der Waals surface area contributed by atoms with Gasteiger partial charge in [-0.3, -0.25) is 0 Å². The number of nitrogens with zero attached hydrogens (tertiary/aromatic N) is 1. The van der Waals surface area contributed by atoms with Gasteiger partial charge >= 0.3 is 0 Å². The molecule has 0 radical (unpaired) electrons. The zero-order valence-electron chi connectivity index (χ0n) is 10.2. The van der Waals surface area contributed by atoms with Crippen molar-refractivity contribution in [3.63, 3.8) is 0 Å². The predicted octanol–water partition coefficient (Wildman–Crippen LogP) is 2.37. The third-order valence-electron chi connectivity index (χ3n) is 2.53. The monoisotopic (exact) mass is 223 g/mol. The number of hydrogen-bond donors (Lipinski definition) is 0. The minimum Gasteiger partial charge on any atom is -0.338 e. The van der Waals surface area contributed by atoms with Crippen molar-refractivity contribution in [2.45, 2.75) is 26.9 Å². The number of benzene rings is 1. The van der Waals surface area contributed by atoms with E-state index in [-0.39, 0.29) is 0 Å². The molecule has 0 aromatic heterocycles. The Kier molecular flexibility index (Phi) is 4.51. The number of hydrogen-bond acceptors (Lipinski definition) is 2. The Hall–Kier alpha value is -0.643. The Labute approximate surface area is 94.0 Å². The summed E-state index contributed by atoms with van der Waals surface area (Å²) in [6.45, 7) is 10.6. The van der Waals surface area contributed by atoms with E-state index in [0.717, 1.165) is 13.1 Å².